The Kier molecular flexibility index (Phi) is 5.38. The van der Waals surface area contributed by atoms with Crippen molar-refractivity contribution in [3.05, 3.63) is 40.5 Å². The van der Waals surface area contributed by atoms with E-state index in [-0.39, 0.29) is 6.61 Å². The van der Waals surface area contributed by atoms with Gasteiger partial charge >= 0.3 is 0 Å². The lowest BCUT2D eigenvalue weighted by Crippen LogP contribution is -2.08. The van der Waals surface area contributed by atoms with Crippen LogP contribution >= 0.6 is 11.6 Å². The van der Waals surface area contributed by atoms with E-state index in [1.165, 1.54) is 0 Å². The number of hydrogen-bond acceptors (Lipinski definition) is 5. The standard InChI is InChI=1S/C14H18ClN3O2/c1-3-5-12-17-13(20-18-12)9-19-14-10(8-16-2)6-4-7-11(14)15/h4,6-7,16H,3,5,8-9H2,1-2H3. The molecular formula is C14H18ClN3O2. The van der Waals surface area contributed by atoms with Gasteiger partial charge in [0.25, 0.3) is 5.89 Å². The van der Waals surface area contributed by atoms with Crippen LogP contribution in [-0.2, 0) is 19.6 Å². The summed E-state index contributed by atoms with van der Waals surface area (Å²) in [6, 6.07) is 5.66. The van der Waals surface area contributed by atoms with Crippen LogP contribution in [0.3, 0.4) is 0 Å². The quantitative estimate of drug-likeness (QED) is 0.851. The summed E-state index contributed by atoms with van der Waals surface area (Å²) in [7, 11) is 1.87. The second-order valence-corrected chi connectivity index (χ2v) is 4.81. The summed E-state index contributed by atoms with van der Waals surface area (Å²) in [5, 5.41) is 7.54. The van der Waals surface area contributed by atoms with Gasteiger partial charge < -0.3 is 14.6 Å². The second-order valence-electron chi connectivity index (χ2n) is 4.40. The molecule has 0 radical (unpaired) electrons. The lowest BCUT2D eigenvalue weighted by molar-refractivity contribution is 0.240. The molecule has 0 aliphatic carbocycles. The van der Waals surface area contributed by atoms with Crippen LogP contribution in [-0.4, -0.2) is 17.2 Å². The first-order valence-corrected chi connectivity index (χ1v) is 6.98. The summed E-state index contributed by atoms with van der Waals surface area (Å²) < 4.78 is 10.9. The molecule has 0 atom stereocenters. The summed E-state index contributed by atoms with van der Waals surface area (Å²) in [4.78, 5) is 4.26. The smallest absolute Gasteiger partial charge is 0.264 e. The number of hydrogen-bond donors (Lipinski definition) is 1. The number of aryl methyl sites for hydroxylation is 1. The van der Waals surface area contributed by atoms with Crippen molar-refractivity contribution in [2.75, 3.05) is 7.05 Å². The van der Waals surface area contributed by atoms with Crippen molar-refractivity contribution in [3.63, 3.8) is 0 Å². The predicted octanol–water partition coefficient (Wildman–Crippen LogP) is 2.97. The molecular weight excluding hydrogens is 278 g/mol. The number of nitrogens with zero attached hydrogens (tertiary/aromatic N) is 2. The van der Waals surface area contributed by atoms with Crippen LogP contribution < -0.4 is 10.1 Å². The van der Waals surface area contributed by atoms with Gasteiger partial charge in [-0.1, -0.05) is 35.8 Å². The third-order valence-electron chi connectivity index (χ3n) is 2.74. The maximum Gasteiger partial charge on any atom is 0.264 e. The molecule has 0 aliphatic rings. The highest BCUT2D eigenvalue weighted by Crippen LogP contribution is 2.29. The fourth-order valence-electron chi connectivity index (χ4n) is 1.85. The molecule has 1 aromatic carbocycles. The maximum atomic E-state index is 6.17. The van der Waals surface area contributed by atoms with E-state index in [9.17, 15) is 0 Å². The molecule has 1 heterocycles. The third-order valence-corrected chi connectivity index (χ3v) is 3.04. The molecule has 0 spiro atoms. The van der Waals surface area contributed by atoms with E-state index in [1.807, 2.05) is 19.2 Å². The average molecular weight is 296 g/mol. The van der Waals surface area contributed by atoms with Gasteiger partial charge in [-0.05, 0) is 19.5 Å². The Bertz CT molecular complexity index is 557. The van der Waals surface area contributed by atoms with E-state index in [0.717, 1.165) is 18.4 Å². The molecule has 0 bridgehead atoms. The fraction of sp³-hybridized carbons (Fsp3) is 0.429. The first-order chi connectivity index (χ1) is 9.74. The van der Waals surface area contributed by atoms with Crippen molar-refractivity contribution < 1.29 is 9.26 Å². The zero-order chi connectivity index (χ0) is 14.4. The van der Waals surface area contributed by atoms with Gasteiger partial charge in [0.2, 0.25) is 0 Å². The number of rotatable bonds is 7. The van der Waals surface area contributed by atoms with E-state index in [0.29, 0.717) is 29.0 Å². The van der Waals surface area contributed by atoms with Gasteiger partial charge in [0.15, 0.2) is 12.4 Å². The van der Waals surface area contributed by atoms with Crippen LogP contribution in [0.15, 0.2) is 22.7 Å². The Hall–Kier alpha value is -1.59. The van der Waals surface area contributed by atoms with E-state index in [4.69, 9.17) is 20.9 Å². The van der Waals surface area contributed by atoms with Crippen LogP contribution in [0.1, 0.15) is 30.6 Å². The van der Waals surface area contributed by atoms with Crippen molar-refractivity contribution in [1.82, 2.24) is 15.5 Å². The Morgan fingerprint density at radius 2 is 2.25 bits per heavy atom. The summed E-state index contributed by atoms with van der Waals surface area (Å²) in [5.41, 5.74) is 0.994. The molecule has 0 fully saturated rings. The average Bonchev–Trinajstić information content (AvgIpc) is 2.87. The minimum Gasteiger partial charge on any atom is -0.482 e. The monoisotopic (exact) mass is 295 g/mol. The molecule has 0 amide bonds. The van der Waals surface area contributed by atoms with Gasteiger partial charge in [0.1, 0.15) is 5.75 Å². The Labute approximate surface area is 123 Å². The predicted molar refractivity (Wildman–Crippen MR) is 76.8 cm³/mol. The van der Waals surface area contributed by atoms with E-state index >= 15 is 0 Å². The third kappa shape index (κ3) is 3.71. The zero-order valence-corrected chi connectivity index (χ0v) is 12.4. The zero-order valence-electron chi connectivity index (χ0n) is 11.6. The minimum atomic E-state index is 0.219. The molecule has 1 aromatic heterocycles. The van der Waals surface area contributed by atoms with Crippen LogP contribution in [0.4, 0.5) is 0 Å². The lowest BCUT2D eigenvalue weighted by Gasteiger charge is -2.11. The highest BCUT2D eigenvalue weighted by atomic mass is 35.5. The number of aromatic nitrogens is 2. The second kappa shape index (κ2) is 7.26. The summed E-state index contributed by atoms with van der Waals surface area (Å²) >= 11 is 6.17. The first-order valence-electron chi connectivity index (χ1n) is 6.60. The van der Waals surface area contributed by atoms with Crippen molar-refractivity contribution in [1.29, 1.82) is 0 Å². The Balaban J connectivity index is 2.05. The van der Waals surface area contributed by atoms with Crippen molar-refractivity contribution in [2.24, 2.45) is 0 Å². The Morgan fingerprint density at radius 1 is 1.40 bits per heavy atom. The normalized spacial score (nSPS) is 10.8. The SMILES string of the molecule is CCCc1noc(COc2c(Cl)cccc2CNC)n1. The molecule has 108 valence electrons. The fourth-order valence-corrected chi connectivity index (χ4v) is 2.10. The van der Waals surface area contributed by atoms with Crippen molar-refractivity contribution in [3.8, 4) is 5.75 Å². The largest absolute Gasteiger partial charge is 0.482 e. The van der Waals surface area contributed by atoms with Crippen molar-refractivity contribution in [2.45, 2.75) is 32.9 Å². The summed E-state index contributed by atoms with van der Waals surface area (Å²) in [6.07, 6.45) is 1.79. The highest BCUT2D eigenvalue weighted by Gasteiger charge is 2.11. The maximum absolute atomic E-state index is 6.17. The number of halogens is 1. The van der Waals surface area contributed by atoms with Crippen LogP contribution in [0.25, 0.3) is 0 Å². The number of nitrogens with one attached hydrogen (secondary N) is 1. The molecule has 0 unspecified atom stereocenters. The lowest BCUT2D eigenvalue weighted by atomic mass is 10.2. The molecule has 0 aliphatic heterocycles. The van der Waals surface area contributed by atoms with Gasteiger partial charge in [-0.15, -0.1) is 0 Å². The molecule has 0 saturated heterocycles. The van der Waals surface area contributed by atoms with Crippen LogP contribution in [0, 0.1) is 0 Å². The first kappa shape index (κ1) is 14.8. The van der Waals surface area contributed by atoms with Gasteiger partial charge in [-0.25, -0.2) is 0 Å². The van der Waals surface area contributed by atoms with E-state index in [1.54, 1.807) is 6.07 Å². The number of ether oxygens (including phenoxy) is 1. The molecule has 5 nitrogen and oxygen atoms in total. The van der Waals surface area contributed by atoms with Gasteiger partial charge in [0, 0.05) is 18.5 Å². The number of benzene rings is 1. The summed E-state index contributed by atoms with van der Waals surface area (Å²) in [6.45, 7) is 2.97. The van der Waals surface area contributed by atoms with E-state index in [2.05, 4.69) is 22.4 Å². The topological polar surface area (TPSA) is 60.2 Å². The molecule has 1 N–H and O–H groups in total. The summed E-state index contributed by atoms with van der Waals surface area (Å²) in [5.74, 6) is 1.82. The van der Waals surface area contributed by atoms with Crippen molar-refractivity contribution >= 4 is 11.6 Å². The highest BCUT2D eigenvalue weighted by molar-refractivity contribution is 6.32. The van der Waals surface area contributed by atoms with Gasteiger partial charge in [-0.3, -0.25) is 0 Å². The molecule has 20 heavy (non-hydrogen) atoms. The van der Waals surface area contributed by atoms with Crippen LogP contribution in [0.2, 0.25) is 5.02 Å². The molecule has 6 heteroatoms. The van der Waals surface area contributed by atoms with E-state index < -0.39 is 0 Å². The van der Waals surface area contributed by atoms with Gasteiger partial charge in [0.05, 0.1) is 5.02 Å². The molecule has 2 aromatic rings. The molecule has 2 rings (SSSR count). The van der Waals surface area contributed by atoms with Crippen LogP contribution in [0.5, 0.6) is 5.75 Å². The Morgan fingerprint density at radius 3 is 3.00 bits per heavy atom. The minimum absolute atomic E-state index is 0.219. The van der Waals surface area contributed by atoms with Gasteiger partial charge in [-0.2, -0.15) is 4.98 Å². The molecule has 0 saturated carbocycles. The number of para-hydroxylation sites is 1.